The topological polar surface area (TPSA) is 55.0 Å². The second-order valence-electron chi connectivity index (χ2n) is 3.81. The third-order valence-corrected chi connectivity index (χ3v) is 3.46. The van der Waals surface area contributed by atoms with Crippen molar-refractivity contribution in [3.63, 3.8) is 0 Å². The molecule has 4 nitrogen and oxygen atoms in total. The summed E-state index contributed by atoms with van der Waals surface area (Å²) in [6.45, 7) is 2.66. The van der Waals surface area contributed by atoms with E-state index >= 15 is 0 Å². The zero-order chi connectivity index (χ0) is 13.0. The molecule has 0 aliphatic heterocycles. The van der Waals surface area contributed by atoms with Gasteiger partial charge in [-0.2, -0.15) is 0 Å². The van der Waals surface area contributed by atoms with Crippen molar-refractivity contribution in [1.82, 2.24) is 10.2 Å². The minimum Gasteiger partial charge on any atom is -0.393 e. The van der Waals surface area contributed by atoms with Gasteiger partial charge in [-0.15, -0.1) is 10.2 Å². The lowest BCUT2D eigenvalue weighted by Gasteiger charge is -2.20. The lowest BCUT2D eigenvalue weighted by molar-refractivity contribution is 0.930. The summed E-state index contributed by atoms with van der Waals surface area (Å²) in [6, 6.07) is 10.1. The van der Waals surface area contributed by atoms with Crippen LogP contribution in [0.4, 0.5) is 10.8 Å². The van der Waals surface area contributed by atoms with E-state index in [9.17, 15) is 0 Å². The van der Waals surface area contributed by atoms with Crippen LogP contribution in [0.3, 0.4) is 0 Å². The molecule has 0 fully saturated rings. The minimum absolute atomic E-state index is 0.511. The van der Waals surface area contributed by atoms with Gasteiger partial charge in [-0.3, -0.25) is 0 Å². The standard InChI is InChI=1S/C12H14N4S2/c1-9-14-15-12(18-9)16(8-7-11(13)17)10-5-3-2-4-6-10/h2-6H,7-8H2,1H3,(H2,13,17). The molecule has 0 spiro atoms. The van der Waals surface area contributed by atoms with Gasteiger partial charge in [0.05, 0.1) is 4.99 Å². The fourth-order valence-corrected chi connectivity index (χ4v) is 2.39. The van der Waals surface area contributed by atoms with Gasteiger partial charge < -0.3 is 10.6 Å². The highest BCUT2D eigenvalue weighted by Gasteiger charge is 2.13. The Bertz CT molecular complexity index is 524. The maximum atomic E-state index is 5.57. The van der Waals surface area contributed by atoms with Crippen LogP contribution in [0.1, 0.15) is 11.4 Å². The third-order valence-electron chi connectivity index (χ3n) is 2.40. The molecule has 2 aromatic rings. The number of para-hydroxylation sites is 1. The predicted molar refractivity (Wildman–Crippen MR) is 79.5 cm³/mol. The average molecular weight is 278 g/mol. The molecule has 94 valence electrons. The van der Waals surface area contributed by atoms with Crippen molar-refractivity contribution < 1.29 is 0 Å². The molecule has 0 radical (unpaired) electrons. The Morgan fingerprint density at radius 3 is 2.61 bits per heavy atom. The third kappa shape index (κ3) is 3.24. The lowest BCUT2D eigenvalue weighted by Crippen LogP contribution is -2.23. The molecular weight excluding hydrogens is 264 g/mol. The van der Waals surface area contributed by atoms with Gasteiger partial charge in [-0.1, -0.05) is 41.8 Å². The SMILES string of the molecule is Cc1nnc(N(CCC(N)=S)c2ccccc2)s1. The maximum absolute atomic E-state index is 5.57. The molecule has 0 amide bonds. The van der Waals surface area contributed by atoms with Crippen molar-refractivity contribution in [2.24, 2.45) is 5.73 Å². The maximum Gasteiger partial charge on any atom is 0.212 e. The van der Waals surface area contributed by atoms with E-state index in [4.69, 9.17) is 18.0 Å². The number of nitrogens with zero attached hydrogens (tertiary/aromatic N) is 3. The zero-order valence-corrected chi connectivity index (χ0v) is 11.7. The Morgan fingerprint density at radius 2 is 2.06 bits per heavy atom. The van der Waals surface area contributed by atoms with Crippen LogP contribution >= 0.6 is 23.6 Å². The molecule has 1 aromatic heterocycles. The first-order valence-corrected chi connectivity index (χ1v) is 6.80. The summed E-state index contributed by atoms with van der Waals surface area (Å²) < 4.78 is 0. The normalized spacial score (nSPS) is 10.3. The van der Waals surface area contributed by atoms with Gasteiger partial charge in [0.1, 0.15) is 5.01 Å². The van der Waals surface area contributed by atoms with Crippen LogP contribution in [0.2, 0.25) is 0 Å². The second kappa shape index (κ2) is 5.88. The van der Waals surface area contributed by atoms with Gasteiger partial charge in [-0.25, -0.2) is 0 Å². The van der Waals surface area contributed by atoms with Gasteiger partial charge >= 0.3 is 0 Å². The van der Waals surface area contributed by atoms with Crippen molar-refractivity contribution in [1.29, 1.82) is 0 Å². The number of aromatic nitrogens is 2. The first-order chi connectivity index (χ1) is 8.66. The molecule has 0 bridgehead atoms. The molecule has 2 N–H and O–H groups in total. The number of rotatable bonds is 5. The van der Waals surface area contributed by atoms with E-state index in [2.05, 4.69) is 15.1 Å². The Balaban J connectivity index is 2.26. The summed E-state index contributed by atoms with van der Waals surface area (Å²) in [7, 11) is 0. The number of hydrogen-bond acceptors (Lipinski definition) is 5. The fraction of sp³-hybridized carbons (Fsp3) is 0.250. The molecule has 0 saturated heterocycles. The van der Waals surface area contributed by atoms with Gasteiger partial charge in [0.25, 0.3) is 0 Å². The van der Waals surface area contributed by atoms with Crippen LogP contribution in [0.15, 0.2) is 30.3 Å². The van der Waals surface area contributed by atoms with Crippen LogP contribution < -0.4 is 10.6 Å². The van der Waals surface area contributed by atoms with E-state index in [0.717, 1.165) is 15.8 Å². The number of hydrogen-bond donors (Lipinski definition) is 1. The molecule has 0 aliphatic carbocycles. The highest BCUT2D eigenvalue weighted by atomic mass is 32.1. The fourth-order valence-electron chi connectivity index (χ4n) is 1.56. The largest absolute Gasteiger partial charge is 0.393 e. The van der Waals surface area contributed by atoms with Crippen molar-refractivity contribution in [2.45, 2.75) is 13.3 Å². The molecule has 1 aromatic carbocycles. The van der Waals surface area contributed by atoms with Gasteiger partial charge in [0, 0.05) is 18.7 Å². The molecular formula is C12H14N4S2. The Hall–Kier alpha value is -1.53. The summed E-state index contributed by atoms with van der Waals surface area (Å²) >= 11 is 6.50. The van der Waals surface area contributed by atoms with Crippen molar-refractivity contribution in [2.75, 3.05) is 11.4 Å². The Morgan fingerprint density at radius 1 is 1.33 bits per heavy atom. The van der Waals surface area contributed by atoms with E-state index in [1.54, 1.807) is 11.3 Å². The van der Waals surface area contributed by atoms with Gasteiger partial charge in [0.2, 0.25) is 5.13 Å². The molecule has 6 heteroatoms. The quantitative estimate of drug-likeness (QED) is 0.852. The number of thiocarbonyl (C=S) groups is 1. The van der Waals surface area contributed by atoms with Crippen LogP contribution in [0.25, 0.3) is 0 Å². The number of anilines is 2. The lowest BCUT2D eigenvalue weighted by atomic mass is 10.3. The van der Waals surface area contributed by atoms with E-state index < -0.39 is 0 Å². The van der Waals surface area contributed by atoms with Crippen LogP contribution in [0.5, 0.6) is 0 Å². The van der Waals surface area contributed by atoms with Crippen LogP contribution in [0, 0.1) is 6.92 Å². The highest BCUT2D eigenvalue weighted by molar-refractivity contribution is 7.80. The molecule has 0 unspecified atom stereocenters. The second-order valence-corrected chi connectivity index (χ2v) is 5.49. The molecule has 18 heavy (non-hydrogen) atoms. The first-order valence-electron chi connectivity index (χ1n) is 5.58. The highest BCUT2D eigenvalue weighted by Crippen LogP contribution is 2.27. The van der Waals surface area contributed by atoms with E-state index in [1.807, 2.05) is 37.3 Å². The van der Waals surface area contributed by atoms with E-state index in [-0.39, 0.29) is 0 Å². The summed E-state index contributed by atoms with van der Waals surface area (Å²) in [5.41, 5.74) is 6.65. The van der Waals surface area contributed by atoms with Crippen molar-refractivity contribution in [3.8, 4) is 0 Å². The summed E-state index contributed by atoms with van der Waals surface area (Å²) in [5.74, 6) is 0. The molecule has 0 aliphatic rings. The Labute approximate surface area is 115 Å². The minimum atomic E-state index is 0.511. The van der Waals surface area contributed by atoms with E-state index in [1.165, 1.54) is 0 Å². The van der Waals surface area contributed by atoms with E-state index in [0.29, 0.717) is 18.0 Å². The first kappa shape index (κ1) is 12.9. The van der Waals surface area contributed by atoms with Crippen LogP contribution in [-0.2, 0) is 0 Å². The van der Waals surface area contributed by atoms with Crippen molar-refractivity contribution in [3.05, 3.63) is 35.3 Å². The van der Waals surface area contributed by atoms with Crippen LogP contribution in [-0.4, -0.2) is 21.7 Å². The number of benzene rings is 1. The van der Waals surface area contributed by atoms with Crippen molar-refractivity contribution >= 4 is 39.4 Å². The summed E-state index contributed by atoms with van der Waals surface area (Å²) in [4.78, 5) is 2.60. The zero-order valence-electron chi connectivity index (χ0n) is 10.0. The van der Waals surface area contributed by atoms with Gasteiger partial charge in [-0.05, 0) is 19.1 Å². The summed E-state index contributed by atoms with van der Waals surface area (Å²) in [6.07, 6.45) is 0.656. The average Bonchev–Trinajstić information content (AvgIpc) is 2.77. The molecule has 0 atom stereocenters. The molecule has 0 saturated carbocycles. The monoisotopic (exact) mass is 278 g/mol. The van der Waals surface area contributed by atoms with Gasteiger partial charge in [0.15, 0.2) is 0 Å². The number of nitrogens with two attached hydrogens (primary N) is 1. The summed E-state index contributed by atoms with van der Waals surface area (Å²) in [5, 5.41) is 10.0. The Kier molecular flexibility index (Phi) is 4.22. The molecule has 2 rings (SSSR count). The predicted octanol–water partition coefficient (Wildman–Crippen LogP) is 2.66. The molecule has 1 heterocycles. The smallest absolute Gasteiger partial charge is 0.212 e. The number of aryl methyl sites for hydroxylation is 1.